The molecule has 0 aliphatic carbocycles. The zero-order valence-corrected chi connectivity index (χ0v) is 10.5. The highest BCUT2D eigenvalue weighted by atomic mass is 32.2. The molecular formula is C13H17NOS. The summed E-state index contributed by atoms with van der Waals surface area (Å²) in [6, 6.07) is 10.6. The van der Waals surface area contributed by atoms with Crippen LogP contribution < -0.4 is 5.32 Å². The summed E-state index contributed by atoms with van der Waals surface area (Å²) in [6.45, 7) is 4.02. The molecule has 1 fully saturated rings. The highest BCUT2D eigenvalue weighted by molar-refractivity contribution is 7.99. The van der Waals surface area contributed by atoms with Gasteiger partial charge in [-0.05, 0) is 18.6 Å². The molecule has 86 valence electrons. The Balaban J connectivity index is 1.87. The molecule has 1 heterocycles. The van der Waals surface area contributed by atoms with Crippen LogP contribution in [0.25, 0.3) is 0 Å². The third-order valence-corrected chi connectivity index (χ3v) is 4.08. The van der Waals surface area contributed by atoms with Crippen molar-refractivity contribution in [1.82, 2.24) is 5.32 Å². The Morgan fingerprint density at radius 3 is 2.62 bits per heavy atom. The van der Waals surface area contributed by atoms with E-state index in [1.807, 2.05) is 32.0 Å². The molecule has 1 saturated heterocycles. The van der Waals surface area contributed by atoms with E-state index in [-0.39, 0.29) is 11.3 Å². The number of rotatable bonds is 3. The van der Waals surface area contributed by atoms with Gasteiger partial charge in [0.05, 0.1) is 0 Å². The molecule has 1 amide bonds. The Hall–Kier alpha value is -0.960. The van der Waals surface area contributed by atoms with Gasteiger partial charge in [-0.3, -0.25) is 4.79 Å². The second-order valence-corrected chi connectivity index (χ2v) is 5.98. The number of amides is 1. The molecule has 0 saturated carbocycles. The van der Waals surface area contributed by atoms with E-state index in [1.54, 1.807) is 11.8 Å². The van der Waals surface area contributed by atoms with Crippen molar-refractivity contribution in [2.24, 2.45) is 5.41 Å². The van der Waals surface area contributed by atoms with Gasteiger partial charge in [0, 0.05) is 22.1 Å². The van der Waals surface area contributed by atoms with Gasteiger partial charge in [-0.1, -0.05) is 32.0 Å². The van der Waals surface area contributed by atoms with Crippen molar-refractivity contribution in [2.45, 2.75) is 31.2 Å². The zero-order valence-electron chi connectivity index (χ0n) is 9.69. The molecule has 1 aliphatic rings. The van der Waals surface area contributed by atoms with Crippen LogP contribution >= 0.6 is 11.8 Å². The third-order valence-electron chi connectivity index (χ3n) is 2.90. The van der Waals surface area contributed by atoms with E-state index in [0.717, 1.165) is 12.2 Å². The smallest absolute Gasteiger partial charge is 0.225 e. The SMILES string of the molecule is CC1(C)C[C@H](CSc2ccccc2)NC1=O. The second-order valence-electron chi connectivity index (χ2n) is 4.88. The largest absolute Gasteiger partial charge is 0.352 e. The Bertz CT molecular complexity index is 375. The summed E-state index contributed by atoms with van der Waals surface area (Å²) in [5, 5.41) is 3.05. The topological polar surface area (TPSA) is 29.1 Å². The summed E-state index contributed by atoms with van der Waals surface area (Å²) >= 11 is 1.81. The number of carbonyl (C=O) groups is 1. The molecule has 16 heavy (non-hydrogen) atoms. The lowest BCUT2D eigenvalue weighted by Crippen LogP contribution is -2.29. The van der Waals surface area contributed by atoms with E-state index in [0.29, 0.717) is 6.04 Å². The van der Waals surface area contributed by atoms with Gasteiger partial charge in [-0.2, -0.15) is 0 Å². The lowest BCUT2D eigenvalue weighted by molar-refractivity contribution is -0.126. The van der Waals surface area contributed by atoms with E-state index in [4.69, 9.17) is 0 Å². The van der Waals surface area contributed by atoms with Crippen molar-refractivity contribution in [3.8, 4) is 0 Å². The fraction of sp³-hybridized carbons (Fsp3) is 0.462. The monoisotopic (exact) mass is 235 g/mol. The molecule has 0 aromatic heterocycles. The maximum absolute atomic E-state index is 11.6. The summed E-state index contributed by atoms with van der Waals surface area (Å²) in [6.07, 6.45) is 0.936. The van der Waals surface area contributed by atoms with Crippen LogP contribution in [0.3, 0.4) is 0 Å². The zero-order chi connectivity index (χ0) is 11.6. The number of carbonyl (C=O) groups excluding carboxylic acids is 1. The van der Waals surface area contributed by atoms with Crippen LogP contribution in [-0.2, 0) is 4.79 Å². The van der Waals surface area contributed by atoms with Crippen LogP contribution in [0.4, 0.5) is 0 Å². The van der Waals surface area contributed by atoms with Gasteiger partial charge in [0.1, 0.15) is 0 Å². The maximum atomic E-state index is 11.6. The van der Waals surface area contributed by atoms with Gasteiger partial charge in [-0.15, -0.1) is 11.8 Å². The fourth-order valence-corrected chi connectivity index (χ4v) is 2.90. The van der Waals surface area contributed by atoms with Crippen molar-refractivity contribution in [3.05, 3.63) is 30.3 Å². The molecule has 0 unspecified atom stereocenters. The van der Waals surface area contributed by atoms with Crippen LogP contribution in [-0.4, -0.2) is 17.7 Å². The van der Waals surface area contributed by atoms with Gasteiger partial charge in [-0.25, -0.2) is 0 Å². The second kappa shape index (κ2) is 4.50. The summed E-state index contributed by atoms with van der Waals surface area (Å²) < 4.78 is 0. The first kappa shape index (κ1) is 11.5. The van der Waals surface area contributed by atoms with Gasteiger partial charge < -0.3 is 5.32 Å². The number of thioether (sulfide) groups is 1. The lowest BCUT2D eigenvalue weighted by atomic mass is 9.90. The minimum Gasteiger partial charge on any atom is -0.352 e. The molecule has 0 spiro atoms. The minimum absolute atomic E-state index is 0.186. The first-order valence-corrected chi connectivity index (χ1v) is 6.55. The van der Waals surface area contributed by atoms with Gasteiger partial charge in [0.15, 0.2) is 0 Å². The molecule has 3 heteroatoms. The lowest BCUT2D eigenvalue weighted by Gasteiger charge is -2.12. The molecule has 1 N–H and O–H groups in total. The predicted molar refractivity (Wildman–Crippen MR) is 67.5 cm³/mol. The van der Waals surface area contributed by atoms with E-state index in [1.165, 1.54) is 4.90 Å². The van der Waals surface area contributed by atoms with Crippen LogP contribution in [0, 0.1) is 5.41 Å². The third kappa shape index (κ3) is 2.59. The van der Waals surface area contributed by atoms with Crippen molar-refractivity contribution < 1.29 is 4.79 Å². The Labute approximate surface area is 101 Å². The van der Waals surface area contributed by atoms with Crippen LogP contribution in [0.1, 0.15) is 20.3 Å². The Kier molecular flexibility index (Phi) is 3.24. The van der Waals surface area contributed by atoms with Crippen LogP contribution in [0.2, 0.25) is 0 Å². The molecule has 1 atom stereocenters. The number of nitrogens with one attached hydrogen (secondary N) is 1. The van der Waals surface area contributed by atoms with E-state index >= 15 is 0 Å². The molecule has 1 aliphatic heterocycles. The number of hydrogen-bond donors (Lipinski definition) is 1. The van der Waals surface area contributed by atoms with Crippen LogP contribution in [0.5, 0.6) is 0 Å². The minimum atomic E-state index is -0.193. The normalized spacial score (nSPS) is 23.1. The van der Waals surface area contributed by atoms with Crippen molar-refractivity contribution >= 4 is 17.7 Å². The molecule has 0 radical (unpaired) electrons. The molecule has 2 nitrogen and oxygen atoms in total. The summed E-state index contributed by atoms with van der Waals surface area (Å²) in [4.78, 5) is 12.9. The van der Waals surface area contributed by atoms with Gasteiger partial charge in [0.25, 0.3) is 0 Å². The summed E-state index contributed by atoms with van der Waals surface area (Å²) in [5.41, 5.74) is -0.193. The van der Waals surface area contributed by atoms with E-state index in [9.17, 15) is 4.79 Å². The van der Waals surface area contributed by atoms with Gasteiger partial charge in [0.2, 0.25) is 5.91 Å². The average Bonchev–Trinajstić information content (AvgIpc) is 2.52. The maximum Gasteiger partial charge on any atom is 0.225 e. The quantitative estimate of drug-likeness (QED) is 0.816. The number of hydrogen-bond acceptors (Lipinski definition) is 2. The molecule has 1 aromatic carbocycles. The standard InChI is InChI=1S/C13H17NOS/c1-13(2)8-10(14-12(13)15)9-16-11-6-4-3-5-7-11/h3-7,10H,8-9H2,1-2H3,(H,14,15)/t10-/m1/s1. The van der Waals surface area contributed by atoms with Crippen molar-refractivity contribution in [1.29, 1.82) is 0 Å². The highest BCUT2D eigenvalue weighted by Gasteiger charge is 2.38. The van der Waals surface area contributed by atoms with E-state index in [2.05, 4.69) is 17.4 Å². The molecule has 2 rings (SSSR count). The summed E-state index contributed by atoms with van der Waals surface area (Å²) in [5.74, 6) is 1.14. The van der Waals surface area contributed by atoms with E-state index < -0.39 is 0 Å². The summed E-state index contributed by atoms with van der Waals surface area (Å²) in [7, 11) is 0. The van der Waals surface area contributed by atoms with Crippen molar-refractivity contribution in [2.75, 3.05) is 5.75 Å². The highest BCUT2D eigenvalue weighted by Crippen LogP contribution is 2.31. The fourth-order valence-electron chi connectivity index (χ4n) is 1.95. The number of benzene rings is 1. The molecule has 0 bridgehead atoms. The van der Waals surface area contributed by atoms with Crippen LogP contribution in [0.15, 0.2) is 35.2 Å². The van der Waals surface area contributed by atoms with Gasteiger partial charge >= 0.3 is 0 Å². The average molecular weight is 235 g/mol. The first-order valence-electron chi connectivity index (χ1n) is 5.57. The predicted octanol–water partition coefficient (Wildman–Crippen LogP) is 2.69. The Morgan fingerprint density at radius 1 is 1.38 bits per heavy atom. The molecular weight excluding hydrogens is 218 g/mol. The Morgan fingerprint density at radius 2 is 2.06 bits per heavy atom. The first-order chi connectivity index (χ1) is 7.58. The van der Waals surface area contributed by atoms with Crippen molar-refractivity contribution in [3.63, 3.8) is 0 Å². The molecule has 1 aromatic rings.